The van der Waals surface area contributed by atoms with Crippen LogP contribution in [0.2, 0.25) is 0 Å². The van der Waals surface area contributed by atoms with Crippen molar-refractivity contribution in [2.45, 2.75) is 6.18 Å². The first kappa shape index (κ1) is 9.63. The molecule has 0 aromatic carbocycles. The topological polar surface area (TPSA) is 43.6 Å². The molecule has 0 amide bonds. The number of halogens is 3. The average molecular weight is 214 g/mol. The Morgan fingerprint density at radius 1 is 1.13 bits per heavy atom. The lowest BCUT2D eigenvalue weighted by atomic mass is 10.5. The molecule has 0 unspecified atom stereocenters. The summed E-state index contributed by atoms with van der Waals surface area (Å²) in [5, 5.41) is 3.27. The van der Waals surface area contributed by atoms with Crippen LogP contribution in [-0.4, -0.2) is 19.7 Å². The summed E-state index contributed by atoms with van der Waals surface area (Å²) in [7, 11) is 0. The van der Waals surface area contributed by atoms with Crippen molar-refractivity contribution in [3.63, 3.8) is 0 Å². The lowest BCUT2D eigenvalue weighted by Gasteiger charge is -1.99. The molecule has 2 rings (SSSR count). The molecule has 0 saturated heterocycles. The predicted molar refractivity (Wildman–Crippen MR) is 44.2 cm³/mol. The van der Waals surface area contributed by atoms with Gasteiger partial charge in [-0.1, -0.05) is 6.07 Å². The summed E-state index contributed by atoms with van der Waals surface area (Å²) < 4.78 is 37.4. The Hall–Kier alpha value is -1.92. The molecule has 78 valence electrons. The first-order chi connectivity index (χ1) is 7.07. The molecule has 4 nitrogen and oxygen atoms in total. The van der Waals surface area contributed by atoms with Gasteiger partial charge in [0.05, 0.1) is 0 Å². The summed E-state index contributed by atoms with van der Waals surface area (Å²) in [5.41, 5.74) is 0. The van der Waals surface area contributed by atoms with Crippen LogP contribution in [0.1, 0.15) is 5.82 Å². The van der Waals surface area contributed by atoms with Crippen LogP contribution in [-0.2, 0) is 6.18 Å². The number of nitrogens with zero attached hydrogens (tertiary/aromatic N) is 4. The molecule has 0 radical (unpaired) electrons. The Morgan fingerprint density at radius 3 is 2.47 bits per heavy atom. The fraction of sp³-hybridized carbons (Fsp3) is 0.125. The van der Waals surface area contributed by atoms with Crippen molar-refractivity contribution in [1.29, 1.82) is 0 Å². The molecule has 0 bridgehead atoms. The maximum atomic E-state index is 12.2. The highest BCUT2D eigenvalue weighted by Crippen LogP contribution is 2.25. The zero-order valence-electron chi connectivity index (χ0n) is 7.31. The third-order valence-corrected chi connectivity index (χ3v) is 1.63. The van der Waals surface area contributed by atoms with Crippen LogP contribution in [0.15, 0.2) is 30.7 Å². The van der Waals surface area contributed by atoms with E-state index in [9.17, 15) is 13.2 Å². The molecule has 2 heterocycles. The van der Waals surface area contributed by atoms with Gasteiger partial charge in [-0.25, -0.2) is 14.6 Å². The van der Waals surface area contributed by atoms with Crippen molar-refractivity contribution >= 4 is 0 Å². The molecular weight excluding hydrogens is 209 g/mol. The van der Waals surface area contributed by atoms with Gasteiger partial charge in [-0.15, -0.1) is 5.10 Å². The number of hydrogen-bond acceptors (Lipinski definition) is 3. The Bertz CT molecular complexity index is 448. The normalized spacial score (nSPS) is 11.7. The minimum atomic E-state index is -4.53. The highest BCUT2D eigenvalue weighted by Gasteiger charge is 2.35. The van der Waals surface area contributed by atoms with E-state index in [2.05, 4.69) is 15.1 Å². The number of aromatic nitrogens is 4. The van der Waals surface area contributed by atoms with E-state index in [-0.39, 0.29) is 0 Å². The summed E-state index contributed by atoms with van der Waals surface area (Å²) >= 11 is 0. The Morgan fingerprint density at radius 2 is 1.93 bits per heavy atom. The molecule has 0 aliphatic carbocycles. The van der Waals surface area contributed by atoms with E-state index in [1.807, 2.05) is 0 Å². The van der Waals surface area contributed by atoms with Gasteiger partial charge in [0.15, 0.2) is 5.82 Å². The summed E-state index contributed by atoms with van der Waals surface area (Å²) in [6, 6.07) is 4.84. The minimum Gasteiger partial charge on any atom is -0.237 e. The van der Waals surface area contributed by atoms with E-state index in [4.69, 9.17) is 0 Å². The lowest BCUT2D eigenvalue weighted by Crippen LogP contribution is -2.08. The Labute approximate surface area is 82.4 Å². The predicted octanol–water partition coefficient (Wildman–Crippen LogP) is 1.68. The van der Waals surface area contributed by atoms with E-state index >= 15 is 0 Å². The smallest absolute Gasteiger partial charge is 0.237 e. The minimum absolute atomic E-state index is 0.292. The fourth-order valence-corrected chi connectivity index (χ4v) is 0.993. The molecule has 2 aromatic heterocycles. The molecule has 0 aliphatic rings. The quantitative estimate of drug-likeness (QED) is 0.725. The van der Waals surface area contributed by atoms with Crippen molar-refractivity contribution in [1.82, 2.24) is 19.7 Å². The third-order valence-electron chi connectivity index (χ3n) is 1.63. The molecule has 0 aliphatic heterocycles. The molecule has 0 spiro atoms. The van der Waals surface area contributed by atoms with Gasteiger partial charge in [-0.2, -0.15) is 13.2 Å². The second kappa shape index (κ2) is 3.34. The van der Waals surface area contributed by atoms with E-state index in [1.165, 1.54) is 12.3 Å². The van der Waals surface area contributed by atoms with Crippen LogP contribution in [0.3, 0.4) is 0 Å². The summed E-state index contributed by atoms with van der Waals surface area (Å²) in [6.07, 6.45) is -2.09. The molecule has 0 atom stereocenters. The number of pyridine rings is 1. The third kappa shape index (κ3) is 1.95. The molecule has 2 aromatic rings. The SMILES string of the molecule is FC(F)(F)c1ncn(-c2ccccn2)n1. The first-order valence-electron chi connectivity index (χ1n) is 3.97. The largest absolute Gasteiger partial charge is 0.453 e. The fourth-order valence-electron chi connectivity index (χ4n) is 0.993. The van der Waals surface area contributed by atoms with Gasteiger partial charge in [0.25, 0.3) is 5.82 Å². The van der Waals surface area contributed by atoms with E-state index in [0.29, 0.717) is 5.82 Å². The molecule has 0 N–H and O–H groups in total. The zero-order chi connectivity index (χ0) is 10.9. The average Bonchev–Trinajstić information content (AvgIpc) is 2.67. The zero-order valence-corrected chi connectivity index (χ0v) is 7.31. The van der Waals surface area contributed by atoms with Crippen molar-refractivity contribution in [2.24, 2.45) is 0 Å². The standard InChI is InChI=1S/C8H5F3N4/c9-8(10,11)7-13-5-15(14-7)6-3-1-2-4-12-6/h1-5H. The highest BCUT2D eigenvalue weighted by atomic mass is 19.4. The van der Waals surface area contributed by atoms with Gasteiger partial charge in [0.1, 0.15) is 6.33 Å². The van der Waals surface area contributed by atoms with Gasteiger partial charge in [0.2, 0.25) is 0 Å². The van der Waals surface area contributed by atoms with E-state index in [1.54, 1.807) is 12.1 Å². The lowest BCUT2D eigenvalue weighted by molar-refractivity contribution is -0.144. The van der Waals surface area contributed by atoms with Gasteiger partial charge >= 0.3 is 6.18 Å². The van der Waals surface area contributed by atoms with Crippen molar-refractivity contribution < 1.29 is 13.2 Å². The number of rotatable bonds is 1. The van der Waals surface area contributed by atoms with E-state index in [0.717, 1.165) is 11.0 Å². The van der Waals surface area contributed by atoms with Crippen molar-refractivity contribution in [3.8, 4) is 5.82 Å². The van der Waals surface area contributed by atoms with Crippen LogP contribution >= 0.6 is 0 Å². The maximum absolute atomic E-state index is 12.2. The summed E-state index contributed by atoms with van der Waals surface area (Å²) in [6.45, 7) is 0. The van der Waals surface area contributed by atoms with Gasteiger partial charge in [0, 0.05) is 6.20 Å². The van der Waals surface area contributed by atoms with Crippen LogP contribution in [0, 0.1) is 0 Å². The molecule has 0 saturated carbocycles. The maximum Gasteiger partial charge on any atom is 0.453 e. The second-order valence-electron chi connectivity index (χ2n) is 2.70. The van der Waals surface area contributed by atoms with Gasteiger partial charge in [-0.05, 0) is 12.1 Å². The van der Waals surface area contributed by atoms with Gasteiger partial charge < -0.3 is 0 Å². The Kier molecular flexibility index (Phi) is 2.14. The van der Waals surface area contributed by atoms with Crippen molar-refractivity contribution in [2.75, 3.05) is 0 Å². The van der Waals surface area contributed by atoms with Crippen LogP contribution in [0.4, 0.5) is 13.2 Å². The molecule has 15 heavy (non-hydrogen) atoms. The summed E-state index contributed by atoms with van der Waals surface area (Å²) in [5.74, 6) is -0.881. The molecule has 7 heteroatoms. The molecular formula is C8H5F3N4. The van der Waals surface area contributed by atoms with Crippen LogP contribution in [0.25, 0.3) is 5.82 Å². The number of alkyl halides is 3. The Balaban J connectivity index is 2.37. The van der Waals surface area contributed by atoms with Crippen LogP contribution in [0.5, 0.6) is 0 Å². The summed E-state index contributed by atoms with van der Waals surface area (Å²) in [4.78, 5) is 6.99. The van der Waals surface area contributed by atoms with Crippen LogP contribution < -0.4 is 0 Å². The first-order valence-corrected chi connectivity index (χ1v) is 3.97. The highest BCUT2D eigenvalue weighted by molar-refractivity contribution is 5.19. The van der Waals surface area contributed by atoms with E-state index < -0.39 is 12.0 Å². The second-order valence-corrected chi connectivity index (χ2v) is 2.70. The van der Waals surface area contributed by atoms with Crippen molar-refractivity contribution in [3.05, 3.63) is 36.5 Å². The number of hydrogen-bond donors (Lipinski definition) is 0. The molecule has 0 fully saturated rings. The monoisotopic (exact) mass is 214 g/mol. The van der Waals surface area contributed by atoms with Gasteiger partial charge in [-0.3, -0.25) is 0 Å².